The molecule has 1 aliphatic rings. The second-order valence-corrected chi connectivity index (χ2v) is 3.84. The Hall–Kier alpha value is -0.930. The summed E-state index contributed by atoms with van der Waals surface area (Å²) in [5, 5.41) is 6.84. The third-order valence-electron chi connectivity index (χ3n) is 2.58. The molecule has 1 saturated heterocycles. The Bertz CT molecular complexity index is 292. The highest BCUT2D eigenvalue weighted by atomic mass is 15.0. The van der Waals surface area contributed by atoms with Crippen molar-refractivity contribution in [3.05, 3.63) is 29.6 Å². The summed E-state index contributed by atoms with van der Waals surface area (Å²) in [5.41, 5.74) is 2.23. The molecule has 0 aliphatic carbocycles. The second kappa shape index (κ2) is 4.53. The molecule has 0 saturated carbocycles. The zero-order chi connectivity index (χ0) is 9.80. The van der Waals surface area contributed by atoms with Crippen molar-refractivity contribution in [2.24, 2.45) is 0 Å². The van der Waals surface area contributed by atoms with E-state index < -0.39 is 0 Å². The Kier molecular flexibility index (Phi) is 3.11. The molecule has 0 aromatic carbocycles. The van der Waals surface area contributed by atoms with Crippen LogP contribution in [0.15, 0.2) is 18.2 Å². The molecule has 14 heavy (non-hydrogen) atoms. The van der Waals surface area contributed by atoms with E-state index in [9.17, 15) is 0 Å². The molecule has 0 bridgehead atoms. The number of nitrogens with one attached hydrogen (secondary N) is 2. The Balaban J connectivity index is 1.85. The molecular formula is C11H17N3. The minimum absolute atomic E-state index is 0.623. The van der Waals surface area contributed by atoms with Gasteiger partial charge in [0.25, 0.3) is 0 Å². The number of hydrogen-bond acceptors (Lipinski definition) is 3. The Labute approximate surface area is 84.9 Å². The number of rotatable bonds is 3. The van der Waals surface area contributed by atoms with Gasteiger partial charge >= 0.3 is 0 Å². The lowest BCUT2D eigenvalue weighted by molar-refractivity contribution is 0.541. The molecule has 1 aliphatic heterocycles. The summed E-state index contributed by atoms with van der Waals surface area (Å²) < 4.78 is 0. The molecule has 1 atom stereocenters. The van der Waals surface area contributed by atoms with Gasteiger partial charge in [0.15, 0.2) is 0 Å². The molecule has 0 amide bonds. The van der Waals surface area contributed by atoms with Crippen molar-refractivity contribution in [1.82, 2.24) is 15.6 Å². The van der Waals surface area contributed by atoms with E-state index in [0.717, 1.165) is 31.0 Å². The predicted octanol–water partition coefficient (Wildman–Crippen LogP) is 0.842. The van der Waals surface area contributed by atoms with Gasteiger partial charge in [-0.1, -0.05) is 6.07 Å². The first-order valence-electron chi connectivity index (χ1n) is 5.21. The average Bonchev–Trinajstić information content (AvgIpc) is 2.67. The number of aromatic nitrogens is 1. The first kappa shape index (κ1) is 9.62. The van der Waals surface area contributed by atoms with Crippen LogP contribution in [-0.4, -0.2) is 24.1 Å². The highest BCUT2D eigenvalue weighted by molar-refractivity contribution is 5.09. The van der Waals surface area contributed by atoms with Crippen LogP contribution >= 0.6 is 0 Å². The topological polar surface area (TPSA) is 37.0 Å². The molecule has 3 heteroatoms. The van der Waals surface area contributed by atoms with E-state index in [1.165, 1.54) is 6.42 Å². The second-order valence-electron chi connectivity index (χ2n) is 3.84. The number of aryl methyl sites for hydroxylation is 1. The first-order chi connectivity index (χ1) is 6.84. The summed E-state index contributed by atoms with van der Waals surface area (Å²) in [4.78, 5) is 4.45. The van der Waals surface area contributed by atoms with E-state index in [1.54, 1.807) is 0 Å². The smallest absolute Gasteiger partial charge is 0.0544 e. The summed E-state index contributed by atoms with van der Waals surface area (Å²) in [6.45, 7) is 5.14. The van der Waals surface area contributed by atoms with Crippen molar-refractivity contribution in [1.29, 1.82) is 0 Å². The summed E-state index contributed by atoms with van der Waals surface area (Å²) in [7, 11) is 0. The molecule has 2 heterocycles. The average molecular weight is 191 g/mol. The fraction of sp³-hybridized carbons (Fsp3) is 0.545. The van der Waals surface area contributed by atoms with Gasteiger partial charge < -0.3 is 10.6 Å². The highest BCUT2D eigenvalue weighted by Gasteiger charge is 2.12. The maximum atomic E-state index is 4.45. The minimum atomic E-state index is 0.623. The Morgan fingerprint density at radius 1 is 1.57 bits per heavy atom. The van der Waals surface area contributed by atoms with Gasteiger partial charge in [-0.25, -0.2) is 0 Å². The van der Waals surface area contributed by atoms with Gasteiger partial charge in [0, 0.05) is 24.8 Å². The van der Waals surface area contributed by atoms with Gasteiger partial charge in [0.1, 0.15) is 0 Å². The maximum absolute atomic E-state index is 4.45. The first-order valence-corrected chi connectivity index (χ1v) is 5.21. The Morgan fingerprint density at radius 2 is 2.50 bits per heavy atom. The molecule has 1 aromatic rings. The van der Waals surface area contributed by atoms with E-state index in [1.807, 2.05) is 13.0 Å². The molecule has 1 fully saturated rings. The van der Waals surface area contributed by atoms with Crippen LogP contribution in [0.3, 0.4) is 0 Å². The van der Waals surface area contributed by atoms with Crippen molar-refractivity contribution in [3.63, 3.8) is 0 Å². The third kappa shape index (κ3) is 2.53. The van der Waals surface area contributed by atoms with Crippen molar-refractivity contribution in [2.75, 3.05) is 13.1 Å². The van der Waals surface area contributed by atoms with E-state index in [-0.39, 0.29) is 0 Å². The van der Waals surface area contributed by atoms with Crippen molar-refractivity contribution < 1.29 is 0 Å². The molecule has 0 radical (unpaired) electrons. The van der Waals surface area contributed by atoms with Crippen LogP contribution in [0.1, 0.15) is 17.8 Å². The van der Waals surface area contributed by atoms with Gasteiger partial charge in [-0.05, 0) is 32.0 Å². The molecule has 1 aromatic heterocycles. The number of pyridine rings is 1. The van der Waals surface area contributed by atoms with E-state index in [0.29, 0.717) is 6.04 Å². The van der Waals surface area contributed by atoms with Gasteiger partial charge in [0.05, 0.1) is 5.69 Å². The van der Waals surface area contributed by atoms with E-state index in [4.69, 9.17) is 0 Å². The van der Waals surface area contributed by atoms with Crippen LogP contribution < -0.4 is 10.6 Å². The summed E-state index contributed by atoms with van der Waals surface area (Å²) >= 11 is 0. The quantitative estimate of drug-likeness (QED) is 0.743. The van der Waals surface area contributed by atoms with Crippen LogP contribution in [0.2, 0.25) is 0 Å². The zero-order valence-corrected chi connectivity index (χ0v) is 8.59. The van der Waals surface area contributed by atoms with Crippen LogP contribution in [0.25, 0.3) is 0 Å². The molecule has 0 spiro atoms. The van der Waals surface area contributed by atoms with Crippen LogP contribution in [-0.2, 0) is 6.54 Å². The van der Waals surface area contributed by atoms with E-state index >= 15 is 0 Å². The largest absolute Gasteiger partial charge is 0.315 e. The van der Waals surface area contributed by atoms with E-state index in [2.05, 4.69) is 27.8 Å². The summed E-state index contributed by atoms with van der Waals surface area (Å²) in [5.74, 6) is 0. The molecular weight excluding hydrogens is 174 g/mol. The van der Waals surface area contributed by atoms with Crippen molar-refractivity contribution >= 4 is 0 Å². The zero-order valence-electron chi connectivity index (χ0n) is 8.59. The minimum Gasteiger partial charge on any atom is -0.315 e. The fourth-order valence-electron chi connectivity index (χ4n) is 1.78. The summed E-state index contributed by atoms with van der Waals surface area (Å²) in [6, 6.07) is 6.78. The molecule has 3 nitrogen and oxygen atoms in total. The van der Waals surface area contributed by atoms with Crippen molar-refractivity contribution in [2.45, 2.75) is 25.9 Å². The molecule has 76 valence electrons. The third-order valence-corrected chi connectivity index (χ3v) is 2.58. The molecule has 1 unspecified atom stereocenters. The Morgan fingerprint density at radius 3 is 3.21 bits per heavy atom. The van der Waals surface area contributed by atoms with Crippen LogP contribution in [0, 0.1) is 6.92 Å². The highest BCUT2D eigenvalue weighted by Crippen LogP contribution is 2.01. The lowest BCUT2D eigenvalue weighted by atomic mass is 10.2. The SMILES string of the molecule is Cc1cccc(CNC2CCNC2)n1. The number of nitrogens with zero attached hydrogens (tertiary/aromatic N) is 1. The van der Waals surface area contributed by atoms with Crippen LogP contribution in [0.4, 0.5) is 0 Å². The van der Waals surface area contributed by atoms with Gasteiger partial charge in [0.2, 0.25) is 0 Å². The predicted molar refractivity (Wildman–Crippen MR) is 57.1 cm³/mol. The fourth-order valence-corrected chi connectivity index (χ4v) is 1.78. The normalized spacial score (nSPS) is 21.4. The van der Waals surface area contributed by atoms with Gasteiger partial charge in [-0.3, -0.25) is 4.98 Å². The van der Waals surface area contributed by atoms with Gasteiger partial charge in [-0.15, -0.1) is 0 Å². The standard InChI is InChI=1S/C11H17N3/c1-9-3-2-4-11(14-9)8-13-10-5-6-12-7-10/h2-4,10,12-13H,5-8H2,1H3. The lowest BCUT2D eigenvalue weighted by Crippen LogP contribution is -2.30. The monoisotopic (exact) mass is 191 g/mol. The van der Waals surface area contributed by atoms with Gasteiger partial charge in [-0.2, -0.15) is 0 Å². The van der Waals surface area contributed by atoms with Crippen molar-refractivity contribution in [3.8, 4) is 0 Å². The maximum Gasteiger partial charge on any atom is 0.0544 e. The summed E-state index contributed by atoms with van der Waals surface area (Å²) in [6.07, 6.45) is 1.23. The molecule has 2 N–H and O–H groups in total. The van der Waals surface area contributed by atoms with Crippen LogP contribution in [0.5, 0.6) is 0 Å². The molecule has 2 rings (SSSR count). The lowest BCUT2D eigenvalue weighted by Gasteiger charge is -2.10. The number of hydrogen-bond donors (Lipinski definition) is 2.